The van der Waals surface area contributed by atoms with Crippen molar-refractivity contribution >= 4 is 5.91 Å². The third-order valence-electron chi connectivity index (χ3n) is 6.37. The Balaban J connectivity index is 3.97. The summed E-state index contributed by atoms with van der Waals surface area (Å²) < 4.78 is 0. The van der Waals surface area contributed by atoms with Crippen molar-refractivity contribution < 1.29 is 20.1 Å². The van der Waals surface area contributed by atoms with Crippen LogP contribution in [-0.2, 0) is 4.79 Å². The summed E-state index contributed by atoms with van der Waals surface area (Å²) >= 11 is 0. The van der Waals surface area contributed by atoms with Crippen LogP contribution in [0.1, 0.15) is 123 Å². The lowest BCUT2D eigenvalue weighted by atomic mass is 10.1. The minimum Gasteiger partial charge on any atom is -0.394 e. The molecule has 0 fully saturated rings. The van der Waals surface area contributed by atoms with Gasteiger partial charge in [-0.15, -0.1) is 0 Å². The predicted octanol–water partition coefficient (Wildman–Crippen LogP) is 7.08. The number of unbranched alkanes of at least 4 members (excludes halogenated alkanes) is 11. The highest BCUT2D eigenvalue weighted by Gasteiger charge is 2.22. The third kappa shape index (κ3) is 23.2. The van der Waals surface area contributed by atoms with E-state index >= 15 is 0 Å². The summed E-state index contributed by atoms with van der Waals surface area (Å²) in [4.78, 5) is 12.3. The summed E-state index contributed by atoms with van der Waals surface area (Å²) in [7, 11) is 0. The fourth-order valence-corrected chi connectivity index (χ4v) is 3.90. The molecule has 0 aliphatic heterocycles. The van der Waals surface area contributed by atoms with Crippen LogP contribution in [0.3, 0.4) is 0 Å². The maximum absolute atomic E-state index is 12.3. The second-order valence-corrected chi connectivity index (χ2v) is 9.93. The Morgan fingerprint density at radius 1 is 0.649 bits per heavy atom. The summed E-state index contributed by atoms with van der Waals surface area (Å²) in [5.41, 5.74) is 0. The quantitative estimate of drug-likeness (QED) is 0.0766. The van der Waals surface area contributed by atoms with E-state index in [9.17, 15) is 20.1 Å². The molecule has 37 heavy (non-hydrogen) atoms. The van der Waals surface area contributed by atoms with E-state index in [0.29, 0.717) is 6.42 Å². The van der Waals surface area contributed by atoms with Crippen molar-refractivity contribution in [3.05, 3.63) is 48.6 Å². The average molecular weight is 520 g/mol. The van der Waals surface area contributed by atoms with Gasteiger partial charge in [0.2, 0.25) is 5.91 Å². The molecule has 5 heteroatoms. The molecule has 0 heterocycles. The van der Waals surface area contributed by atoms with E-state index < -0.39 is 24.2 Å². The predicted molar refractivity (Wildman–Crippen MR) is 157 cm³/mol. The molecule has 0 aromatic rings. The van der Waals surface area contributed by atoms with E-state index in [1.807, 2.05) is 6.08 Å². The Bertz CT molecular complexity index is 626. The maximum atomic E-state index is 12.3. The normalized spacial score (nSPS) is 14.8. The molecule has 0 saturated carbocycles. The molecule has 5 nitrogen and oxygen atoms in total. The molecule has 214 valence electrons. The van der Waals surface area contributed by atoms with Crippen LogP contribution in [0.15, 0.2) is 48.6 Å². The zero-order valence-electron chi connectivity index (χ0n) is 23.8. The van der Waals surface area contributed by atoms with E-state index in [1.165, 1.54) is 44.9 Å². The van der Waals surface area contributed by atoms with Gasteiger partial charge in [0.15, 0.2) is 0 Å². The van der Waals surface area contributed by atoms with E-state index in [4.69, 9.17) is 0 Å². The topological polar surface area (TPSA) is 89.8 Å². The molecule has 0 aromatic heterocycles. The van der Waals surface area contributed by atoms with Gasteiger partial charge in [-0.2, -0.15) is 0 Å². The standard InChI is InChI=1S/C32H57NO4/c1-3-5-7-9-11-13-15-17-18-20-22-24-26-30(35)29(28-34)33-32(37)31(36)27-25-23-21-19-16-14-12-10-8-6-4-2/h9,11-12,14,17-18,24,26,29-31,34-36H,3-8,10,13,15-16,19-23,25,27-28H2,1-2H3,(H,33,37)/b11-9+,14-12-,18-17+,26-24+. The van der Waals surface area contributed by atoms with Gasteiger partial charge in [0.05, 0.1) is 18.8 Å². The molecule has 4 N–H and O–H groups in total. The van der Waals surface area contributed by atoms with Crippen LogP contribution in [0.25, 0.3) is 0 Å². The number of aliphatic hydroxyl groups excluding tert-OH is 3. The highest BCUT2D eigenvalue weighted by atomic mass is 16.3. The summed E-state index contributed by atoms with van der Waals surface area (Å²) in [5, 5.41) is 32.6. The second-order valence-electron chi connectivity index (χ2n) is 9.93. The van der Waals surface area contributed by atoms with Crippen LogP contribution < -0.4 is 5.32 Å². The van der Waals surface area contributed by atoms with Crippen molar-refractivity contribution in [1.82, 2.24) is 5.32 Å². The van der Waals surface area contributed by atoms with Gasteiger partial charge in [-0.3, -0.25) is 4.79 Å². The minimum absolute atomic E-state index is 0.387. The van der Waals surface area contributed by atoms with Crippen molar-refractivity contribution in [2.45, 2.75) is 141 Å². The molecule has 0 spiro atoms. The lowest BCUT2D eigenvalue weighted by molar-refractivity contribution is -0.131. The molecule has 0 bridgehead atoms. The van der Waals surface area contributed by atoms with Crippen molar-refractivity contribution in [1.29, 1.82) is 0 Å². The molecule has 0 radical (unpaired) electrons. The van der Waals surface area contributed by atoms with Crippen LogP contribution in [0, 0.1) is 0 Å². The first kappa shape index (κ1) is 35.3. The van der Waals surface area contributed by atoms with Gasteiger partial charge in [0.25, 0.3) is 0 Å². The van der Waals surface area contributed by atoms with Crippen LogP contribution in [-0.4, -0.2) is 46.1 Å². The highest BCUT2D eigenvalue weighted by molar-refractivity contribution is 5.80. The van der Waals surface area contributed by atoms with Gasteiger partial charge in [-0.05, 0) is 64.2 Å². The first-order valence-electron chi connectivity index (χ1n) is 15.0. The number of rotatable bonds is 25. The number of nitrogens with one attached hydrogen (secondary N) is 1. The zero-order valence-corrected chi connectivity index (χ0v) is 23.8. The van der Waals surface area contributed by atoms with Crippen LogP contribution in [0.4, 0.5) is 0 Å². The zero-order chi connectivity index (χ0) is 27.4. The number of carbonyl (C=O) groups excluding carboxylic acids is 1. The number of hydrogen-bond donors (Lipinski definition) is 4. The fourth-order valence-electron chi connectivity index (χ4n) is 3.90. The van der Waals surface area contributed by atoms with Crippen molar-refractivity contribution in [3.8, 4) is 0 Å². The Labute approximate surface area is 227 Å². The first-order chi connectivity index (χ1) is 18.1. The molecule has 3 atom stereocenters. The molecule has 0 aromatic carbocycles. The Kier molecular flexibility index (Phi) is 26.1. The number of aliphatic hydroxyl groups is 3. The Morgan fingerprint density at radius 3 is 1.70 bits per heavy atom. The highest BCUT2D eigenvalue weighted by Crippen LogP contribution is 2.10. The fraction of sp³-hybridized carbons (Fsp3) is 0.719. The molecular weight excluding hydrogens is 462 g/mol. The summed E-state index contributed by atoms with van der Waals surface area (Å²) in [6, 6.07) is -0.822. The Hall–Kier alpha value is -1.69. The molecule has 0 aliphatic rings. The van der Waals surface area contributed by atoms with Crippen molar-refractivity contribution in [2.75, 3.05) is 6.61 Å². The second kappa shape index (κ2) is 27.3. The van der Waals surface area contributed by atoms with E-state index in [0.717, 1.165) is 57.8 Å². The summed E-state index contributed by atoms with van der Waals surface area (Å²) in [6.07, 6.45) is 32.6. The molecular formula is C32H57NO4. The lowest BCUT2D eigenvalue weighted by Gasteiger charge is -2.21. The first-order valence-corrected chi connectivity index (χ1v) is 15.0. The maximum Gasteiger partial charge on any atom is 0.249 e. The number of amides is 1. The van der Waals surface area contributed by atoms with E-state index in [-0.39, 0.29) is 6.61 Å². The number of hydrogen-bond acceptors (Lipinski definition) is 4. The summed E-state index contributed by atoms with van der Waals surface area (Å²) in [6.45, 7) is 4.03. The van der Waals surface area contributed by atoms with E-state index in [1.54, 1.807) is 6.08 Å². The van der Waals surface area contributed by atoms with Crippen LogP contribution in [0.2, 0.25) is 0 Å². The van der Waals surface area contributed by atoms with Crippen molar-refractivity contribution in [2.24, 2.45) is 0 Å². The third-order valence-corrected chi connectivity index (χ3v) is 6.37. The van der Waals surface area contributed by atoms with Crippen molar-refractivity contribution in [3.63, 3.8) is 0 Å². The van der Waals surface area contributed by atoms with Gasteiger partial charge >= 0.3 is 0 Å². The van der Waals surface area contributed by atoms with Crippen LogP contribution in [0.5, 0.6) is 0 Å². The molecule has 1 amide bonds. The minimum atomic E-state index is -1.12. The SMILES string of the molecule is CCCC/C=C/CC/C=C/CC/C=C/C(O)C(CO)NC(=O)C(O)CCCCCC/C=C\CCCCC. The average Bonchev–Trinajstić information content (AvgIpc) is 2.90. The summed E-state index contributed by atoms with van der Waals surface area (Å²) in [5.74, 6) is -0.534. The largest absolute Gasteiger partial charge is 0.394 e. The molecule has 0 rings (SSSR count). The van der Waals surface area contributed by atoms with Gasteiger partial charge < -0.3 is 20.6 Å². The van der Waals surface area contributed by atoms with Crippen LogP contribution >= 0.6 is 0 Å². The van der Waals surface area contributed by atoms with Gasteiger partial charge in [0, 0.05) is 0 Å². The number of carbonyl (C=O) groups is 1. The monoisotopic (exact) mass is 519 g/mol. The van der Waals surface area contributed by atoms with Gasteiger partial charge in [-0.1, -0.05) is 107 Å². The molecule has 0 aliphatic carbocycles. The lowest BCUT2D eigenvalue weighted by Crippen LogP contribution is -2.48. The molecule has 3 unspecified atom stereocenters. The van der Waals surface area contributed by atoms with E-state index in [2.05, 4.69) is 55.6 Å². The smallest absolute Gasteiger partial charge is 0.249 e. The Morgan fingerprint density at radius 2 is 1.14 bits per heavy atom. The molecule has 0 saturated heterocycles. The van der Waals surface area contributed by atoms with Gasteiger partial charge in [0.1, 0.15) is 6.10 Å². The number of allylic oxidation sites excluding steroid dienone is 7. The van der Waals surface area contributed by atoms with Gasteiger partial charge in [-0.25, -0.2) is 0 Å².